The molecule has 226 valence electrons. The van der Waals surface area contributed by atoms with Gasteiger partial charge in [0.1, 0.15) is 29.9 Å². The summed E-state index contributed by atoms with van der Waals surface area (Å²) in [6.07, 6.45) is -2.50. The normalized spacial score (nSPS) is 21.5. The van der Waals surface area contributed by atoms with Crippen LogP contribution in [0.25, 0.3) is 11.3 Å². The number of esters is 3. The van der Waals surface area contributed by atoms with Gasteiger partial charge in [-0.15, -0.1) is 5.10 Å². The van der Waals surface area contributed by atoms with Crippen molar-refractivity contribution in [3.63, 3.8) is 0 Å². The number of hydrogen-bond acceptors (Lipinski definition) is 11. The first-order valence-corrected chi connectivity index (χ1v) is 13.7. The van der Waals surface area contributed by atoms with Gasteiger partial charge in [-0.3, -0.25) is 14.4 Å². The van der Waals surface area contributed by atoms with Gasteiger partial charge in [0.2, 0.25) is 0 Å². The lowest BCUT2D eigenvalue weighted by Gasteiger charge is -2.44. The number of carbonyl (C=O) groups is 3. The van der Waals surface area contributed by atoms with Crippen molar-refractivity contribution in [3.8, 4) is 17.3 Å². The summed E-state index contributed by atoms with van der Waals surface area (Å²) in [6, 6.07) is 6.73. The first-order chi connectivity index (χ1) is 20.4. The molecule has 0 radical (unpaired) electrons. The lowest BCUT2D eigenvalue weighted by Crippen LogP contribution is -2.57. The smallest absolute Gasteiger partial charge is 0.303 e. The van der Waals surface area contributed by atoms with Gasteiger partial charge in [-0.2, -0.15) is 5.26 Å². The quantitative estimate of drug-likeness (QED) is 0.197. The molecule has 1 aliphatic rings. The van der Waals surface area contributed by atoms with Crippen LogP contribution in [0.2, 0.25) is 5.02 Å². The van der Waals surface area contributed by atoms with Crippen molar-refractivity contribution in [2.45, 2.75) is 55.5 Å². The Labute approximate surface area is 251 Å². The fourth-order valence-electron chi connectivity index (χ4n) is 4.37. The molecule has 43 heavy (non-hydrogen) atoms. The summed E-state index contributed by atoms with van der Waals surface area (Å²) in [5.41, 5.74) is -1.12. The van der Waals surface area contributed by atoms with Gasteiger partial charge in [-0.25, -0.2) is 17.9 Å². The van der Waals surface area contributed by atoms with E-state index < -0.39 is 71.8 Å². The Hall–Kier alpha value is -4.13. The van der Waals surface area contributed by atoms with Crippen LogP contribution < -0.4 is 0 Å². The number of ether oxygens (including phenoxy) is 4. The van der Waals surface area contributed by atoms with Gasteiger partial charge >= 0.3 is 17.9 Å². The Morgan fingerprint density at radius 3 is 2.28 bits per heavy atom. The molecule has 11 nitrogen and oxygen atoms in total. The molecule has 0 N–H and O–H groups in total. The van der Waals surface area contributed by atoms with E-state index in [1.54, 1.807) is 6.07 Å². The van der Waals surface area contributed by atoms with E-state index in [0.717, 1.165) is 49.3 Å². The van der Waals surface area contributed by atoms with Gasteiger partial charge in [0.05, 0.1) is 17.8 Å². The zero-order valence-corrected chi connectivity index (χ0v) is 24.2. The van der Waals surface area contributed by atoms with Crippen molar-refractivity contribution in [1.82, 2.24) is 15.0 Å². The maximum atomic E-state index is 14.0. The van der Waals surface area contributed by atoms with Crippen LogP contribution in [-0.4, -0.2) is 63.3 Å². The molecule has 4 rings (SSSR count). The van der Waals surface area contributed by atoms with E-state index in [2.05, 4.69) is 10.3 Å². The van der Waals surface area contributed by atoms with Crippen molar-refractivity contribution in [2.24, 2.45) is 0 Å². The highest BCUT2D eigenvalue weighted by molar-refractivity contribution is 7.99. The number of hydrogen-bond donors (Lipinski definition) is 0. The van der Waals surface area contributed by atoms with Crippen molar-refractivity contribution >= 4 is 41.3 Å². The summed E-state index contributed by atoms with van der Waals surface area (Å²) in [7, 11) is 0. The third-order valence-electron chi connectivity index (χ3n) is 6.02. The molecule has 16 heteroatoms. The minimum Gasteiger partial charge on any atom is -0.463 e. The van der Waals surface area contributed by atoms with Crippen LogP contribution in [0.15, 0.2) is 41.4 Å². The number of halogens is 4. The Morgan fingerprint density at radius 2 is 1.67 bits per heavy atom. The standard InChI is InChI=1S/C27H22ClF3N4O7S/c1-12(36)39-11-22-25(40-13(2)37)24(35-10-21(33-34-35)16-6-19(29)23(31)20(30)7-16)26(41-14(3)38)27(42-22)43-18-5-15(9-32)4-17(28)8-18/h4-8,10,22,24-27H,11H2,1-3H3. The average Bonchev–Trinajstić information content (AvgIpc) is 3.41. The van der Waals surface area contributed by atoms with Gasteiger partial charge < -0.3 is 18.9 Å². The first-order valence-electron chi connectivity index (χ1n) is 12.4. The molecular formula is C27H22ClF3N4O7S. The molecule has 0 saturated carbocycles. The van der Waals surface area contributed by atoms with Gasteiger partial charge in [0, 0.05) is 36.3 Å². The molecule has 1 fully saturated rings. The molecule has 2 aromatic carbocycles. The third-order valence-corrected chi connectivity index (χ3v) is 7.36. The highest BCUT2D eigenvalue weighted by atomic mass is 35.5. The van der Waals surface area contributed by atoms with Crippen molar-refractivity contribution < 1.29 is 46.5 Å². The van der Waals surface area contributed by atoms with Crippen LogP contribution in [0, 0.1) is 28.8 Å². The van der Waals surface area contributed by atoms with E-state index in [1.807, 2.05) is 6.07 Å². The van der Waals surface area contributed by atoms with Crippen molar-refractivity contribution in [2.75, 3.05) is 6.61 Å². The molecule has 0 bridgehead atoms. The molecule has 5 unspecified atom stereocenters. The largest absolute Gasteiger partial charge is 0.463 e. The molecule has 0 aliphatic carbocycles. The van der Waals surface area contributed by atoms with E-state index in [1.165, 1.54) is 18.3 Å². The predicted molar refractivity (Wildman–Crippen MR) is 143 cm³/mol. The van der Waals surface area contributed by atoms with Crippen LogP contribution in [0.1, 0.15) is 32.4 Å². The SMILES string of the molecule is CC(=O)OCC1OC(Sc2cc(Cl)cc(C#N)c2)C(OC(C)=O)C(n2cc(-c3cc(F)c(F)c(F)c3)nn2)C1OC(C)=O. The summed E-state index contributed by atoms with van der Waals surface area (Å²) in [4.78, 5) is 36.6. The highest BCUT2D eigenvalue weighted by Crippen LogP contribution is 2.42. The Kier molecular flexibility index (Phi) is 9.95. The van der Waals surface area contributed by atoms with Crippen LogP contribution >= 0.6 is 23.4 Å². The number of aromatic nitrogens is 3. The lowest BCUT2D eigenvalue weighted by atomic mass is 9.96. The second-order valence-corrected chi connectivity index (χ2v) is 10.8. The number of nitriles is 1. The van der Waals surface area contributed by atoms with Gasteiger partial charge in [-0.05, 0) is 30.3 Å². The predicted octanol–water partition coefficient (Wildman–Crippen LogP) is 4.37. The fraction of sp³-hybridized carbons (Fsp3) is 0.333. The molecule has 1 aliphatic heterocycles. The van der Waals surface area contributed by atoms with Crippen LogP contribution in [0.3, 0.4) is 0 Å². The monoisotopic (exact) mass is 638 g/mol. The second-order valence-electron chi connectivity index (χ2n) is 9.23. The van der Waals surface area contributed by atoms with Crippen LogP contribution in [0.4, 0.5) is 13.2 Å². The van der Waals surface area contributed by atoms with Crippen LogP contribution in [-0.2, 0) is 33.3 Å². The fourth-order valence-corrected chi connectivity index (χ4v) is 5.87. The first kappa shape index (κ1) is 31.8. The molecule has 5 atom stereocenters. The minimum atomic E-state index is -1.67. The lowest BCUT2D eigenvalue weighted by molar-refractivity contribution is -0.212. The van der Waals surface area contributed by atoms with Crippen molar-refractivity contribution in [3.05, 3.63) is 64.6 Å². The van der Waals surface area contributed by atoms with Gasteiger partial charge in [-0.1, -0.05) is 28.6 Å². The summed E-state index contributed by atoms with van der Waals surface area (Å²) in [5.74, 6) is -6.76. The second kappa shape index (κ2) is 13.4. The minimum absolute atomic E-state index is 0.0957. The topological polar surface area (TPSA) is 143 Å². The van der Waals surface area contributed by atoms with Gasteiger partial charge in [0.15, 0.2) is 29.7 Å². The summed E-state index contributed by atoms with van der Waals surface area (Å²) < 4.78 is 65.2. The summed E-state index contributed by atoms with van der Waals surface area (Å²) in [5, 5.41) is 17.6. The zero-order valence-electron chi connectivity index (χ0n) is 22.6. The molecule has 1 saturated heterocycles. The van der Waals surface area contributed by atoms with E-state index in [-0.39, 0.29) is 21.8 Å². The molecule has 0 amide bonds. The third kappa shape index (κ3) is 7.64. The van der Waals surface area contributed by atoms with Crippen molar-refractivity contribution in [1.29, 1.82) is 5.26 Å². The van der Waals surface area contributed by atoms with E-state index in [9.17, 15) is 32.8 Å². The number of rotatable bonds is 8. The maximum Gasteiger partial charge on any atom is 0.303 e. The van der Waals surface area contributed by atoms with E-state index in [0.29, 0.717) is 4.90 Å². The molecule has 2 heterocycles. The number of thioether (sulfide) groups is 1. The number of carbonyl (C=O) groups excluding carboxylic acids is 3. The van der Waals surface area contributed by atoms with E-state index in [4.69, 9.17) is 30.5 Å². The summed E-state index contributed by atoms with van der Waals surface area (Å²) in [6.45, 7) is 3.01. The molecule has 0 spiro atoms. The zero-order chi connectivity index (χ0) is 31.4. The Balaban J connectivity index is 1.84. The van der Waals surface area contributed by atoms with E-state index >= 15 is 0 Å². The Morgan fingerprint density at radius 1 is 1.02 bits per heavy atom. The molecule has 3 aromatic rings. The van der Waals surface area contributed by atoms with Crippen LogP contribution in [0.5, 0.6) is 0 Å². The molecule has 1 aromatic heterocycles. The number of benzene rings is 2. The van der Waals surface area contributed by atoms with Gasteiger partial charge in [0.25, 0.3) is 0 Å². The average molecular weight is 639 g/mol. The summed E-state index contributed by atoms with van der Waals surface area (Å²) >= 11 is 7.18. The Bertz CT molecular complexity index is 1580. The maximum absolute atomic E-state index is 14.0. The number of nitrogens with zero attached hydrogens (tertiary/aromatic N) is 4. The highest BCUT2D eigenvalue weighted by Gasteiger charge is 2.52. The molecular weight excluding hydrogens is 617 g/mol.